The van der Waals surface area contributed by atoms with Crippen molar-refractivity contribution < 1.29 is 14.0 Å². The lowest BCUT2D eigenvalue weighted by Gasteiger charge is -2.02. The molecule has 0 unspecified atom stereocenters. The molecule has 0 radical (unpaired) electrons. The predicted molar refractivity (Wildman–Crippen MR) is 78.5 cm³/mol. The highest BCUT2D eigenvalue weighted by atomic mass is 16.4. The predicted octanol–water partition coefficient (Wildman–Crippen LogP) is 0.928. The third-order valence-electron chi connectivity index (χ3n) is 3.70. The van der Waals surface area contributed by atoms with Crippen LogP contribution in [0.2, 0.25) is 0 Å². The van der Waals surface area contributed by atoms with Crippen molar-refractivity contribution in [1.29, 1.82) is 0 Å². The third-order valence-corrected chi connectivity index (χ3v) is 3.70. The molecule has 1 aliphatic heterocycles. The van der Waals surface area contributed by atoms with Crippen LogP contribution in [0.5, 0.6) is 0 Å². The third kappa shape index (κ3) is 2.74. The van der Waals surface area contributed by atoms with Crippen LogP contribution in [0, 0.1) is 6.92 Å². The van der Waals surface area contributed by atoms with Crippen molar-refractivity contribution in [2.24, 2.45) is 7.05 Å². The Kier molecular flexibility index (Phi) is 3.70. The molecule has 2 aromatic rings. The van der Waals surface area contributed by atoms with E-state index in [2.05, 4.69) is 15.7 Å². The summed E-state index contributed by atoms with van der Waals surface area (Å²) in [4.78, 5) is 24.0. The maximum atomic E-state index is 12.2. The van der Waals surface area contributed by atoms with Crippen LogP contribution in [0.25, 0.3) is 0 Å². The molecule has 0 bridgehead atoms. The number of hydrogen-bond donors (Lipinski definition) is 2. The van der Waals surface area contributed by atoms with Crippen molar-refractivity contribution in [2.45, 2.75) is 26.3 Å². The van der Waals surface area contributed by atoms with Crippen molar-refractivity contribution >= 4 is 11.8 Å². The molecule has 0 aliphatic carbocycles. The van der Waals surface area contributed by atoms with Gasteiger partial charge >= 0.3 is 0 Å². The van der Waals surface area contributed by atoms with Crippen molar-refractivity contribution in [3.05, 3.63) is 40.6 Å². The Morgan fingerprint density at radius 3 is 3.09 bits per heavy atom. The van der Waals surface area contributed by atoms with E-state index in [-0.39, 0.29) is 17.6 Å². The normalized spacial score (nSPS) is 14.2. The van der Waals surface area contributed by atoms with Crippen LogP contribution in [0.1, 0.15) is 44.4 Å². The molecule has 7 heteroatoms. The van der Waals surface area contributed by atoms with Crippen LogP contribution in [0.15, 0.2) is 16.7 Å². The largest absolute Gasteiger partial charge is 0.455 e. The van der Waals surface area contributed by atoms with Gasteiger partial charge in [0.05, 0.1) is 11.3 Å². The summed E-state index contributed by atoms with van der Waals surface area (Å²) >= 11 is 0. The number of carbonyl (C=O) groups excluding carboxylic acids is 2. The number of nitrogens with zero attached hydrogens (tertiary/aromatic N) is 2. The number of rotatable bonds is 3. The summed E-state index contributed by atoms with van der Waals surface area (Å²) in [6.45, 7) is 2.89. The number of amides is 2. The highest BCUT2D eigenvalue weighted by molar-refractivity contribution is 5.99. The summed E-state index contributed by atoms with van der Waals surface area (Å²) < 4.78 is 7.25. The van der Waals surface area contributed by atoms with Crippen molar-refractivity contribution in [3.63, 3.8) is 0 Å². The Bertz CT molecular complexity index is 729. The lowest BCUT2D eigenvalue weighted by Crippen LogP contribution is -2.23. The van der Waals surface area contributed by atoms with Crippen LogP contribution >= 0.6 is 0 Å². The molecule has 2 aromatic heterocycles. The number of aryl methyl sites for hydroxylation is 3. The van der Waals surface area contributed by atoms with Gasteiger partial charge in [0, 0.05) is 44.4 Å². The van der Waals surface area contributed by atoms with Crippen LogP contribution in [0.4, 0.5) is 0 Å². The van der Waals surface area contributed by atoms with E-state index < -0.39 is 0 Å². The van der Waals surface area contributed by atoms with Gasteiger partial charge in [-0.2, -0.15) is 5.10 Å². The second-order valence-electron chi connectivity index (χ2n) is 5.40. The molecule has 0 atom stereocenters. The fourth-order valence-corrected chi connectivity index (χ4v) is 2.55. The van der Waals surface area contributed by atoms with E-state index in [0.29, 0.717) is 30.8 Å². The second kappa shape index (κ2) is 5.67. The molecule has 2 amide bonds. The van der Waals surface area contributed by atoms with Gasteiger partial charge in [-0.05, 0) is 13.3 Å². The Labute approximate surface area is 127 Å². The van der Waals surface area contributed by atoms with Crippen LogP contribution in [0.3, 0.4) is 0 Å². The number of aromatic nitrogens is 2. The van der Waals surface area contributed by atoms with Gasteiger partial charge in [-0.25, -0.2) is 0 Å². The minimum atomic E-state index is -0.330. The fourth-order valence-electron chi connectivity index (χ4n) is 2.55. The second-order valence-corrected chi connectivity index (χ2v) is 5.40. The number of furan rings is 1. The zero-order valence-electron chi connectivity index (χ0n) is 12.6. The van der Waals surface area contributed by atoms with Gasteiger partial charge in [0.25, 0.3) is 11.8 Å². The van der Waals surface area contributed by atoms with Gasteiger partial charge in [0.1, 0.15) is 5.76 Å². The summed E-state index contributed by atoms with van der Waals surface area (Å²) in [7, 11) is 1.83. The lowest BCUT2D eigenvalue weighted by molar-refractivity contribution is 0.0920. The van der Waals surface area contributed by atoms with Crippen molar-refractivity contribution in [1.82, 2.24) is 20.4 Å². The van der Waals surface area contributed by atoms with Crippen molar-refractivity contribution in [2.75, 3.05) is 6.54 Å². The minimum absolute atomic E-state index is 0.170. The molecule has 2 N–H and O–H groups in total. The van der Waals surface area contributed by atoms with Gasteiger partial charge in [0.2, 0.25) is 0 Å². The summed E-state index contributed by atoms with van der Waals surface area (Å²) in [5.41, 5.74) is 2.28. The monoisotopic (exact) mass is 302 g/mol. The first-order valence-electron chi connectivity index (χ1n) is 7.23. The fraction of sp³-hybridized carbons (Fsp3) is 0.400. The van der Waals surface area contributed by atoms with Gasteiger partial charge in [0.15, 0.2) is 5.76 Å². The van der Waals surface area contributed by atoms with Crippen LogP contribution in [-0.2, 0) is 20.0 Å². The average molecular weight is 302 g/mol. The average Bonchev–Trinajstić information content (AvgIpc) is 2.99. The van der Waals surface area contributed by atoms with Gasteiger partial charge < -0.3 is 15.1 Å². The summed E-state index contributed by atoms with van der Waals surface area (Å²) in [6, 6.07) is 1.52. The molecular formula is C15H18N4O3. The lowest BCUT2D eigenvalue weighted by atomic mass is 10.2. The van der Waals surface area contributed by atoms with E-state index >= 15 is 0 Å². The maximum Gasteiger partial charge on any atom is 0.287 e. The first kappa shape index (κ1) is 14.4. The standard InChI is InChI=1S/C15H18N4O3/c1-9-10(8-19(2)18-9)7-17-15(21)13-6-11-12(22-13)4-3-5-16-14(11)20/h6,8H,3-5,7H2,1-2H3,(H,16,20)(H,17,21). The molecule has 3 rings (SSSR count). The highest BCUT2D eigenvalue weighted by Gasteiger charge is 2.23. The number of carbonyl (C=O) groups is 2. The van der Waals surface area contributed by atoms with E-state index in [1.165, 1.54) is 6.07 Å². The quantitative estimate of drug-likeness (QED) is 0.882. The summed E-state index contributed by atoms with van der Waals surface area (Å²) in [5.74, 6) is 0.240. The Morgan fingerprint density at radius 2 is 2.36 bits per heavy atom. The smallest absolute Gasteiger partial charge is 0.287 e. The Morgan fingerprint density at radius 1 is 1.55 bits per heavy atom. The van der Waals surface area contributed by atoms with Crippen molar-refractivity contribution in [3.8, 4) is 0 Å². The van der Waals surface area contributed by atoms with E-state index in [9.17, 15) is 9.59 Å². The van der Waals surface area contributed by atoms with Crippen LogP contribution < -0.4 is 10.6 Å². The molecule has 7 nitrogen and oxygen atoms in total. The SMILES string of the molecule is Cc1nn(C)cc1CNC(=O)c1cc2c(o1)CCCNC2=O. The molecule has 0 saturated carbocycles. The molecule has 0 saturated heterocycles. The molecule has 116 valence electrons. The molecule has 22 heavy (non-hydrogen) atoms. The van der Waals surface area contributed by atoms with Gasteiger partial charge in [-0.1, -0.05) is 0 Å². The number of hydrogen-bond acceptors (Lipinski definition) is 4. The van der Waals surface area contributed by atoms with E-state index in [4.69, 9.17) is 4.42 Å². The molecule has 3 heterocycles. The minimum Gasteiger partial charge on any atom is -0.455 e. The molecule has 0 fully saturated rings. The molecule has 1 aliphatic rings. The number of fused-ring (bicyclic) bond motifs is 1. The molecular weight excluding hydrogens is 284 g/mol. The molecule has 0 spiro atoms. The molecule has 0 aromatic carbocycles. The highest BCUT2D eigenvalue weighted by Crippen LogP contribution is 2.19. The summed E-state index contributed by atoms with van der Waals surface area (Å²) in [6.07, 6.45) is 3.33. The first-order chi connectivity index (χ1) is 10.5. The van der Waals surface area contributed by atoms with E-state index in [1.54, 1.807) is 4.68 Å². The maximum absolute atomic E-state index is 12.2. The first-order valence-corrected chi connectivity index (χ1v) is 7.23. The Hall–Kier alpha value is -2.57. The zero-order chi connectivity index (χ0) is 15.7. The van der Waals surface area contributed by atoms with E-state index in [1.807, 2.05) is 20.2 Å². The summed E-state index contributed by atoms with van der Waals surface area (Å²) in [5, 5.41) is 9.79. The van der Waals surface area contributed by atoms with E-state index in [0.717, 1.165) is 17.7 Å². The van der Waals surface area contributed by atoms with Gasteiger partial charge in [-0.15, -0.1) is 0 Å². The topological polar surface area (TPSA) is 89.2 Å². The number of nitrogens with one attached hydrogen (secondary N) is 2. The van der Waals surface area contributed by atoms with Gasteiger partial charge in [-0.3, -0.25) is 14.3 Å². The Balaban J connectivity index is 1.72. The van der Waals surface area contributed by atoms with Crippen LogP contribution in [-0.4, -0.2) is 28.1 Å². The zero-order valence-corrected chi connectivity index (χ0v) is 12.6.